The lowest BCUT2D eigenvalue weighted by Gasteiger charge is -2.20. The Morgan fingerprint density at radius 1 is 1.35 bits per heavy atom. The molecule has 17 heavy (non-hydrogen) atoms. The zero-order valence-electron chi connectivity index (χ0n) is 9.80. The molecule has 1 aliphatic heterocycles. The van der Waals surface area contributed by atoms with Crippen molar-refractivity contribution in [3.63, 3.8) is 0 Å². The van der Waals surface area contributed by atoms with E-state index in [4.69, 9.17) is 0 Å². The molecule has 0 spiro atoms. The average molecular weight is 231 g/mol. The first-order valence-electron chi connectivity index (χ1n) is 6.30. The van der Waals surface area contributed by atoms with Crippen molar-refractivity contribution in [2.45, 2.75) is 37.8 Å². The van der Waals surface area contributed by atoms with Crippen LogP contribution in [0.15, 0.2) is 18.3 Å². The molecule has 1 saturated heterocycles. The molecule has 1 aliphatic carbocycles. The molecule has 90 valence electrons. The van der Waals surface area contributed by atoms with E-state index in [0.717, 1.165) is 37.2 Å². The molecule has 0 radical (unpaired) electrons. The van der Waals surface area contributed by atoms with Gasteiger partial charge in [0.2, 0.25) is 6.41 Å². The number of likely N-dealkylation sites (tertiary alicyclic amines) is 1. The second kappa shape index (κ2) is 4.35. The van der Waals surface area contributed by atoms with Crippen LogP contribution in [0.1, 0.15) is 37.3 Å². The van der Waals surface area contributed by atoms with E-state index in [9.17, 15) is 4.79 Å². The van der Waals surface area contributed by atoms with Crippen LogP contribution in [0.25, 0.3) is 0 Å². The lowest BCUT2D eigenvalue weighted by atomic mass is 10.1. The zero-order chi connectivity index (χ0) is 11.7. The summed E-state index contributed by atoms with van der Waals surface area (Å²) in [5.74, 6) is 0.951. The number of hydrogen-bond donors (Lipinski definition) is 1. The van der Waals surface area contributed by atoms with Crippen molar-refractivity contribution >= 4 is 12.2 Å². The molecule has 1 saturated carbocycles. The van der Waals surface area contributed by atoms with Crippen LogP contribution < -0.4 is 5.32 Å². The molecule has 1 aromatic heterocycles. The van der Waals surface area contributed by atoms with Crippen molar-refractivity contribution < 1.29 is 4.79 Å². The van der Waals surface area contributed by atoms with Gasteiger partial charge in [0, 0.05) is 18.8 Å². The highest BCUT2D eigenvalue weighted by Crippen LogP contribution is 2.31. The second-order valence-electron chi connectivity index (χ2n) is 4.90. The molecule has 1 aromatic rings. The standard InChI is InChI=1S/C13H17N3O/c17-9-16-7-1-2-12(16)10-3-6-13(14-8-10)15-11-4-5-11/h3,6,8-9,11-12H,1-2,4-5,7H2,(H,14,15)/t12-/m0/s1. The van der Waals surface area contributed by atoms with Crippen LogP contribution >= 0.6 is 0 Å². The minimum atomic E-state index is 0.231. The van der Waals surface area contributed by atoms with Gasteiger partial charge in [-0.05, 0) is 37.3 Å². The Morgan fingerprint density at radius 3 is 2.88 bits per heavy atom. The van der Waals surface area contributed by atoms with E-state index in [0.29, 0.717) is 6.04 Å². The second-order valence-corrected chi connectivity index (χ2v) is 4.90. The van der Waals surface area contributed by atoms with Crippen LogP contribution in [0.2, 0.25) is 0 Å². The van der Waals surface area contributed by atoms with Gasteiger partial charge in [-0.15, -0.1) is 0 Å². The monoisotopic (exact) mass is 231 g/mol. The Bertz CT molecular complexity index is 400. The maximum atomic E-state index is 10.9. The fraction of sp³-hybridized carbons (Fsp3) is 0.538. The Balaban J connectivity index is 1.71. The molecule has 4 nitrogen and oxygen atoms in total. The molecular formula is C13H17N3O. The first kappa shape index (κ1) is 10.6. The quantitative estimate of drug-likeness (QED) is 0.806. The minimum absolute atomic E-state index is 0.231. The summed E-state index contributed by atoms with van der Waals surface area (Å²) in [5, 5.41) is 3.36. The highest BCUT2D eigenvalue weighted by Gasteiger charge is 2.25. The molecule has 0 unspecified atom stereocenters. The summed E-state index contributed by atoms with van der Waals surface area (Å²) in [6.45, 7) is 0.871. The van der Waals surface area contributed by atoms with Gasteiger partial charge >= 0.3 is 0 Å². The summed E-state index contributed by atoms with van der Waals surface area (Å²) < 4.78 is 0. The van der Waals surface area contributed by atoms with Crippen LogP contribution in [0.5, 0.6) is 0 Å². The summed E-state index contributed by atoms with van der Waals surface area (Å²) in [6.07, 6.45) is 7.50. The van der Waals surface area contributed by atoms with Gasteiger partial charge in [-0.1, -0.05) is 6.07 Å². The highest BCUT2D eigenvalue weighted by molar-refractivity contribution is 5.50. The van der Waals surface area contributed by atoms with Gasteiger partial charge in [0.15, 0.2) is 0 Å². The molecule has 0 aromatic carbocycles. The van der Waals surface area contributed by atoms with Gasteiger partial charge in [-0.2, -0.15) is 0 Å². The Hall–Kier alpha value is -1.58. The first-order valence-corrected chi connectivity index (χ1v) is 6.30. The molecule has 1 atom stereocenters. The molecule has 2 aliphatic rings. The zero-order valence-corrected chi connectivity index (χ0v) is 9.80. The van der Waals surface area contributed by atoms with Crippen LogP contribution in [-0.4, -0.2) is 28.9 Å². The maximum absolute atomic E-state index is 10.9. The van der Waals surface area contributed by atoms with Crippen molar-refractivity contribution in [2.75, 3.05) is 11.9 Å². The molecule has 0 bridgehead atoms. The Kier molecular flexibility index (Phi) is 2.71. The molecule has 1 N–H and O–H groups in total. The van der Waals surface area contributed by atoms with Gasteiger partial charge in [-0.25, -0.2) is 4.98 Å². The predicted octanol–water partition coefficient (Wildman–Crippen LogP) is 1.95. The summed E-state index contributed by atoms with van der Waals surface area (Å²) in [4.78, 5) is 17.2. The average Bonchev–Trinajstić information content (AvgIpc) is 3.05. The third kappa shape index (κ3) is 2.25. The van der Waals surface area contributed by atoms with Crippen molar-refractivity contribution in [1.29, 1.82) is 0 Å². The number of nitrogens with zero attached hydrogens (tertiary/aromatic N) is 2. The largest absolute Gasteiger partial charge is 0.367 e. The van der Waals surface area contributed by atoms with E-state index in [-0.39, 0.29) is 6.04 Å². The van der Waals surface area contributed by atoms with Crippen LogP contribution in [0.4, 0.5) is 5.82 Å². The third-order valence-corrected chi connectivity index (χ3v) is 3.53. The fourth-order valence-electron chi connectivity index (χ4n) is 2.40. The number of hydrogen-bond acceptors (Lipinski definition) is 3. The topological polar surface area (TPSA) is 45.2 Å². The van der Waals surface area contributed by atoms with Crippen molar-refractivity contribution in [2.24, 2.45) is 0 Å². The van der Waals surface area contributed by atoms with Gasteiger partial charge in [0.05, 0.1) is 6.04 Å². The molecule has 1 amide bonds. The molecule has 4 heteroatoms. The molecule has 2 heterocycles. The third-order valence-electron chi connectivity index (χ3n) is 3.53. The summed E-state index contributed by atoms with van der Waals surface area (Å²) in [7, 11) is 0. The molecule has 2 fully saturated rings. The lowest BCUT2D eigenvalue weighted by Crippen LogP contribution is -2.21. The van der Waals surface area contributed by atoms with Crippen LogP contribution in [0.3, 0.4) is 0 Å². The SMILES string of the molecule is O=CN1CCC[C@H]1c1ccc(NC2CC2)nc1. The number of rotatable bonds is 4. The number of aromatic nitrogens is 1. The van der Waals surface area contributed by atoms with Crippen molar-refractivity contribution in [1.82, 2.24) is 9.88 Å². The Morgan fingerprint density at radius 2 is 2.24 bits per heavy atom. The predicted molar refractivity (Wildman–Crippen MR) is 65.6 cm³/mol. The van der Waals surface area contributed by atoms with Crippen LogP contribution in [-0.2, 0) is 4.79 Å². The molecular weight excluding hydrogens is 214 g/mol. The number of carbonyl (C=O) groups excluding carboxylic acids is 1. The number of carbonyl (C=O) groups is 1. The number of pyridine rings is 1. The first-order chi connectivity index (χ1) is 8.36. The fourth-order valence-corrected chi connectivity index (χ4v) is 2.40. The molecule has 3 rings (SSSR count). The highest BCUT2D eigenvalue weighted by atomic mass is 16.1. The summed E-state index contributed by atoms with van der Waals surface area (Å²) >= 11 is 0. The van der Waals surface area contributed by atoms with Crippen molar-refractivity contribution in [3.8, 4) is 0 Å². The lowest BCUT2D eigenvalue weighted by molar-refractivity contribution is -0.118. The maximum Gasteiger partial charge on any atom is 0.210 e. The Labute approximate surface area is 101 Å². The minimum Gasteiger partial charge on any atom is -0.367 e. The number of amides is 1. The van der Waals surface area contributed by atoms with Crippen LogP contribution in [0, 0.1) is 0 Å². The van der Waals surface area contributed by atoms with Gasteiger partial charge in [-0.3, -0.25) is 4.79 Å². The smallest absolute Gasteiger partial charge is 0.210 e. The van der Waals surface area contributed by atoms with Gasteiger partial charge < -0.3 is 10.2 Å². The number of nitrogens with one attached hydrogen (secondary N) is 1. The van der Waals surface area contributed by atoms with E-state index in [1.807, 2.05) is 17.2 Å². The van der Waals surface area contributed by atoms with Crippen molar-refractivity contribution in [3.05, 3.63) is 23.9 Å². The van der Waals surface area contributed by atoms with E-state index < -0.39 is 0 Å². The summed E-state index contributed by atoms with van der Waals surface area (Å²) in [6, 6.07) is 4.97. The van der Waals surface area contributed by atoms with E-state index in [1.54, 1.807) is 0 Å². The van der Waals surface area contributed by atoms with Gasteiger partial charge in [0.25, 0.3) is 0 Å². The van der Waals surface area contributed by atoms with Gasteiger partial charge in [0.1, 0.15) is 5.82 Å². The van der Waals surface area contributed by atoms with E-state index in [2.05, 4.69) is 16.4 Å². The van der Waals surface area contributed by atoms with E-state index in [1.165, 1.54) is 12.8 Å². The summed E-state index contributed by atoms with van der Waals surface area (Å²) in [5.41, 5.74) is 1.15. The normalized spacial score (nSPS) is 23.8. The number of anilines is 1. The van der Waals surface area contributed by atoms with E-state index >= 15 is 0 Å².